The minimum absolute atomic E-state index is 0.00898. The number of piperazine rings is 1. The number of alkyl halides is 3. The molecule has 2 aromatic rings. The average molecular weight is 440 g/mol. The van der Waals surface area contributed by atoms with Crippen LogP contribution in [0.1, 0.15) is 33.2 Å². The SMILES string of the molecule is CC(=O)c1ccc(S(=O)(=O)N2CCN(C(=O)c3ccccc3C(F)(F)F)CC2)cc1. The van der Waals surface area contributed by atoms with E-state index >= 15 is 0 Å². The van der Waals surface area contributed by atoms with Crippen LogP contribution in [0.4, 0.5) is 13.2 Å². The minimum Gasteiger partial charge on any atom is -0.336 e. The van der Waals surface area contributed by atoms with Gasteiger partial charge in [-0.05, 0) is 31.2 Å². The molecule has 0 aliphatic carbocycles. The molecule has 160 valence electrons. The maximum absolute atomic E-state index is 13.2. The van der Waals surface area contributed by atoms with E-state index in [1.807, 2.05) is 0 Å². The number of hydrogen-bond donors (Lipinski definition) is 0. The molecule has 1 heterocycles. The number of sulfonamides is 1. The van der Waals surface area contributed by atoms with Crippen molar-refractivity contribution in [3.8, 4) is 0 Å². The van der Waals surface area contributed by atoms with Crippen molar-refractivity contribution in [3.05, 3.63) is 65.2 Å². The summed E-state index contributed by atoms with van der Waals surface area (Å²) in [5.41, 5.74) is -1.09. The van der Waals surface area contributed by atoms with Gasteiger partial charge in [-0.1, -0.05) is 24.3 Å². The molecule has 1 aliphatic heterocycles. The van der Waals surface area contributed by atoms with Crippen LogP contribution in [0.15, 0.2) is 53.4 Å². The predicted octanol–water partition coefficient (Wildman–Crippen LogP) is 3.05. The Balaban J connectivity index is 1.73. The van der Waals surface area contributed by atoms with Crippen LogP contribution in [-0.2, 0) is 16.2 Å². The zero-order chi connectivity index (χ0) is 22.1. The Hall–Kier alpha value is -2.72. The van der Waals surface area contributed by atoms with E-state index in [-0.39, 0.29) is 36.9 Å². The van der Waals surface area contributed by atoms with Gasteiger partial charge in [0.25, 0.3) is 5.91 Å². The number of carbonyl (C=O) groups is 2. The molecule has 0 saturated carbocycles. The summed E-state index contributed by atoms with van der Waals surface area (Å²) in [6.45, 7) is 1.22. The fourth-order valence-corrected chi connectivity index (χ4v) is 4.65. The van der Waals surface area contributed by atoms with Crippen molar-refractivity contribution in [2.45, 2.75) is 18.0 Å². The van der Waals surface area contributed by atoms with Gasteiger partial charge in [0.2, 0.25) is 10.0 Å². The average Bonchev–Trinajstić information content (AvgIpc) is 2.72. The summed E-state index contributed by atoms with van der Waals surface area (Å²) in [5.74, 6) is -0.976. The number of ketones is 1. The van der Waals surface area contributed by atoms with E-state index in [9.17, 15) is 31.2 Å². The van der Waals surface area contributed by atoms with Gasteiger partial charge in [-0.25, -0.2) is 8.42 Å². The van der Waals surface area contributed by atoms with Crippen molar-refractivity contribution in [1.82, 2.24) is 9.21 Å². The molecule has 0 unspecified atom stereocenters. The summed E-state index contributed by atoms with van der Waals surface area (Å²) in [4.78, 5) is 25.2. The fraction of sp³-hybridized carbons (Fsp3) is 0.300. The second-order valence-electron chi connectivity index (χ2n) is 6.82. The van der Waals surface area contributed by atoms with Crippen molar-refractivity contribution in [3.63, 3.8) is 0 Å². The monoisotopic (exact) mass is 440 g/mol. The molecule has 6 nitrogen and oxygen atoms in total. The van der Waals surface area contributed by atoms with Gasteiger partial charge in [0.1, 0.15) is 0 Å². The van der Waals surface area contributed by atoms with Crippen molar-refractivity contribution in [1.29, 1.82) is 0 Å². The third kappa shape index (κ3) is 4.39. The number of hydrogen-bond acceptors (Lipinski definition) is 4. The highest BCUT2D eigenvalue weighted by Gasteiger charge is 2.37. The Morgan fingerprint density at radius 2 is 1.47 bits per heavy atom. The Bertz CT molecular complexity index is 1060. The lowest BCUT2D eigenvalue weighted by Gasteiger charge is -2.34. The molecule has 0 spiro atoms. The summed E-state index contributed by atoms with van der Waals surface area (Å²) in [6, 6.07) is 10.0. The quantitative estimate of drug-likeness (QED) is 0.685. The van der Waals surface area contributed by atoms with Crippen molar-refractivity contribution >= 4 is 21.7 Å². The third-order valence-corrected chi connectivity index (χ3v) is 6.80. The molecular formula is C20H19F3N2O4S. The lowest BCUT2D eigenvalue weighted by molar-refractivity contribution is -0.138. The van der Waals surface area contributed by atoms with E-state index in [4.69, 9.17) is 0 Å². The molecule has 0 radical (unpaired) electrons. The maximum Gasteiger partial charge on any atom is 0.417 e. The number of nitrogens with zero attached hydrogens (tertiary/aromatic N) is 2. The molecule has 30 heavy (non-hydrogen) atoms. The molecule has 10 heteroatoms. The number of rotatable bonds is 4. The number of halogens is 3. The van der Waals surface area contributed by atoms with Gasteiger partial charge in [0.15, 0.2) is 5.78 Å². The number of Topliss-reactive ketones (excluding diaryl/α,β-unsaturated/α-hetero) is 1. The summed E-state index contributed by atoms with van der Waals surface area (Å²) in [5, 5.41) is 0. The van der Waals surface area contributed by atoms with Crippen molar-refractivity contribution < 1.29 is 31.2 Å². The van der Waals surface area contributed by atoms with E-state index in [0.717, 1.165) is 12.1 Å². The molecule has 0 atom stereocenters. The molecule has 1 saturated heterocycles. The van der Waals surface area contributed by atoms with E-state index in [2.05, 4.69) is 0 Å². The zero-order valence-corrected chi connectivity index (χ0v) is 16.8. The first-order chi connectivity index (χ1) is 14.0. The highest BCUT2D eigenvalue weighted by atomic mass is 32.2. The van der Waals surface area contributed by atoms with Crippen LogP contribution in [0, 0.1) is 0 Å². The molecule has 0 bridgehead atoms. The number of amides is 1. The number of benzene rings is 2. The smallest absolute Gasteiger partial charge is 0.336 e. The standard InChI is InChI=1S/C20H19F3N2O4S/c1-14(26)15-6-8-16(9-7-15)30(28,29)25-12-10-24(11-13-25)19(27)17-4-2-3-5-18(17)20(21,22)23/h2-9H,10-13H2,1H3. The van der Waals surface area contributed by atoms with Crippen LogP contribution in [0.25, 0.3) is 0 Å². The maximum atomic E-state index is 13.2. The normalized spacial score (nSPS) is 15.8. The Kier molecular flexibility index (Phi) is 6.00. The second-order valence-corrected chi connectivity index (χ2v) is 8.76. The van der Waals surface area contributed by atoms with E-state index in [1.54, 1.807) is 0 Å². The van der Waals surface area contributed by atoms with Crippen molar-refractivity contribution in [2.75, 3.05) is 26.2 Å². The summed E-state index contributed by atoms with van der Waals surface area (Å²) >= 11 is 0. The zero-order valence-electron chi connectivity index (χ0n) is 16.0. The van der Waals surface area contributed by atoms with Crippen LogP contribution in [0.5, 0.6) is 0 Å². The molecule has 3 rings (SSSR count). The van der Waals surface area contributed by atoms with Gasteiger partial charge in [0, 0.05) is 31.7 Å². The molecular weight excluding hydrogens is 421 g/mol. The highest BCUT2D eigenvalue weighted by Crippen LogP contribution is 2.32. The Labute approximate surface area is 172 Å². The lowest BCUT2D eigenvalue weighted by Crippen LogP contribution is -2.50. The van der Waals surface area contributed by atoms with Crippen LogP contribution in [0.2, 0.25) is 0 Å². The van der Waals surface area contributed by atoms with Gasteiger partial charge in [0.05, 0.1) is 16.0 Å². The minimum atomic E-state index is -4.66. The second kappa shape index (κ2) is 8.19. The Morgan fingerprint density at radius 1 is 0.900 bits per heavy atom. The summed E-state index contributed by atoms with van der Waals surface area (Å²) in [7, 11) is -3.85. The summed E-state index contributed by atoms with van der Waals surface area (Å²) in [6.07, 6.45) is -4.66. The number of carbonyl (C=O) groups excluding carboxylic acids is 2. The first kappa shape index (κ1) is 22.0. The molecule has 0 N–H and O–H groups in total. The molecule has 2 aromatic carbocycles. The van der Waals surface area contributed by atoms with Crippen LogP contribution >= 0.6 is 0 Å². The highest BCUT2D eigenvalue weighted by molar-refractivity contribution is 7.89. The van der Waals surface area contributed by atoms with Gasteiger partial charge in [-0.2, -0.15) is 17.5 Å². The predicted molar refractivity (Wildman–Crippen MR) is 103 cm³/mol. The summed E-state index contributed by atoms with van der Waals surface area (Å²) < 4.78 is 66.3. The van der Waals surface area contributed by atoms with E-state index in [1.165, 1.54) is 52.5 Å². The van der Waals surface area contributed by atoms with Crippen LogP contribution in [-0.4, -0.2) is 55.5 Å². The molecule has 1 fully saturated rings. The largest absolute Gasteiger partial charge is 0.417 e. The Morgan fingerprint density at radius 3 is 2.00 bits per heavy atom. The van der Waals surface area contributed by atoms with E-state index in [0.29, 0.717) is 5.56 Å². The van der Waals surface area contributed by atoms with Gasteiger partial charge in [-0.3, -0.25) is 9.59 Å². The fourth-order valence-electron chi connectivity index (χ4n) is 3.23. The first-order valence-electron chi connectivity index (χ1n) is 9.08. The molecule has 1 aliphatic rings. The van der Waals surface area contributed by atoms with Crippen LogP contribution < -0.4 is 0 Å². The topological polar surface area (TPSA) is 74.8 Å². The van der Waals surface area contributed by atoms with Gasteiger partial charge < -0.3 is 4.90 Å². The van der Waals surface area contributed by atoms with Crippen molar-refractivity contribution in [2.24, 2.45) is 0 Å². The van der Waals surface area contributed by atoms with Crippen LogP contribution in [0.3, 0.4) is 0 Å². The van der Waals surface area contributed by atoms with E-state index < -0.39 is 33.2 Å². The van der Waals surface area contributed by atoms with Gasteiger partial charge in [-0.15, -0.1) is 0 Å². The molecule has 0 aromatic heterocycles. The third-order valence-electron chi connectivity index (χ3n) is 4.89. The van der Waals surface area contributed by atoms with Gasteiger partial charge >= 0.3 is 6.18 Å². The lowest BCUT2D eigenvalue weighted by atomic mass is 10.1. The molecule has 1 amide bonds. The first-order valence-corrected chi connectivity index (χ1v) is 10.5.